The van der Waals surface area contributed by atoms with Gasteiger partial charge in [-0.1, -0.05) is 23.7 Å². The number of carbonyl (C=O) groups excluding carboxylic acids is 3. The van der Waals surface area contributed by atoms with Gasteiger partial charge in [0.15, 0.2) is 0 Å². The monoisotopic (exact) mass is 350 g/mol. The number of imide groups is 1. The van der Waals surface area contributed by atoms with Crippen LogP contribution in [0.5, 0.6) is 0 Å². The highest BCUT2D eigenvalue weighted by molar-refractivity contribution is 6.33. The van der Waals surface area contributed by atoms with Gasteiger partial charge in [-0.05, 0) is 25.0 Å². The largest absolute Gasteiger partial charge is 0.368 e. The van der Waals surface area contributed by atoms with Gasteiger partial charge in [-0.3, -0.25) is 14.9 Å². The van der Waals surface area contributed by atoms with E-state index in [1.807, 2.05) is 24.3 Å². The van der Waals surface area contributed by atoms with Crippen LogP contribution in [0.25, 0.3) is 0 Å². The molecule has 3 rings (SSSR count). The lowest BCUT2D eigenvalue weighted by Gasteiger charge is -2.35. The van der Waals surface area contributed by atoms with Gasteiger partial charge in [0, 0.05) is 19.1 Å². The predicted molar refractivity (Wildman–Crippen MR) is 89.9 cm³/mol. The Morgan fingerprint density at radius 1 is 1.33 bits per heavy atom. The second-order valence-corrected chi connectivity index (χ2v) is 6.42. The molecule has 1 aromatic carbocycles. The molecule has 0 aromatic heterocycles. The van der Waals surface area contributed by atoms with E-state index in [1.165, 1.54) is 4.90 Å². The number of carbonyl (C=O) groups is 3. The molecule has 2 heterocycles. The Kier molecular flexibility index (Phi) is 4.89. The van der Waals surface area contributed by atoms with Crippen LogP contribution in [0.15, 0.2) is 24.3 Å². The Labute approximate surface area is 144 Å². The molecule has 0 aliphatic carbocycles. The smallest absolute Gasteiger partial charge is 0.325 e. The number of piperidine rings is 1. The van der Waals surface area contributed by atoms with Crippen LogP contribution < -0.4 is 15.5 Å². The molecule has 0 spiro atoms. The molecule has 2 saturated heterocycles. The molecule has 7 nitrogen and oxygen atoms in total. The first-order valence-electron chi connectivity index (χ1n) is 7.90. The van der Waals surface area contributed by atoms with E-state index in [0.29, 0.717) is 11.6 Å². The number of para-hydroxylation sites is 1. The van der Waals surface area contributed by atoms with Crippen LogP contribution in [0.4, 0.5) is 10.5 Å². The minimum atomic E-state index is -0.517. The fourth-order valence-corrected chi connectivity index (χ4v) is 3.33. The van der Waals surface area contributed by atoms with Crippen molar-refractivity contribution in [2.24, 2.45) is 0 Å². The van der Waals surface area contributed by atoms with Crippen molar-refractivity contribution in [3.05, 3.63) is 29.3 Å². The van der Waals surface area contributed by atoms with Gasteiger partial charge < -0.3 is 15.1 Å². The van der Waals surface area contributed by atoms with Crippen LogP contribution >= 0.6 is 11.6 Å². The van der Waals surface area contributed by atoms with Crippen LogP contribution in [0.1, 0.15) is 12.8 Å². The van der Waals surface area contributed by atoms with Gasteiger partial charge in [0.1, 0.15) is 13.1 Å². The summed E-state index contributed by atoms with van der Waals surface area (Å²) in [7, 11) is 0. The van der Waals surface area contributed by atoms with E-state index in [1.54, 1.807) is 0 Å². The van der Waals surface area contributed by atoms with E-state index in [0.717, 1.165) is 25.1 Å². The minimum Gasteiger partial charge on any atom is -0.368 e. The summed E-state index contributed by atoms with van der Waals surface area (Å²) >= 11 is 6.24. The Hall–Kier alpha value is -2.28. The topological polar surface area (TPSA) is 81.8 Å². The van der Waals surface area contributed by atoms with Crippen molar-refractivity contribution in [3.8, 4) is 0 Å². The lowest BCUT2D eigenvalue weighted by molar-refractivity contribution is -0.122. The Morgan fingerprint density at radius 3 is 2.83 bits per heavy atom. The van der Waals surface area contributed by atoms with Crippen LogP contribution in [0.3, 0.4) is 0 Å². The van der Waals surface area contributed by atoms with Gasteiger partial charge in [0.05, 0.1) is 10.7 Å². The van der Waals surface area contributed by atoms with Crippen molar-refractivity contribution in [1.82, 2.24) is 15.5 Å². The Balaban J connectivity index is 1.55. The van der Waals surface area contributed by atoms with E-state index in [-0.39, 0.29) is 30.9 Å². The first kappa shape index (κ1) is 16.6. The van der Waals surface area contributed by atoms with Crippen LogP contribution in [0, 0.1) is 0 Å². The molecule has 0 radical (unpaired) electrons. The van der Waals surface area contributed by atoms with Gasteiger partial charge in [-0.15, -0.1) is 0 Å². The van der Waals surface area contributed by atoms with E-state index in [2.05, 4.69) is 15.5 Å². The van der Waals surface area contributed by atoms with Gasteiger partial charge in [-0.25, -0.2) is 4.79 Å². The summed E-state index contributed by atoms with van der Waals surface area (Å²) in [4.78, 5) is 38.1. The number of urea groups is 1. The van der Waals surface area contributed by atoms with Crippen molar-refractivity contribution in [2.75, 3.05) is 31.1 Å². The molecule has 128 valence electrons. The molecule has 0 bridgehead atoms. The van der Waals surface area contributed by atoms with E-state index in [4.69, 9.17) is 11.6 Å². The summed E-state index contributed by atoms with van der Waals surface area (Å²) in [5, 5.41) is 5.79. The number of nitrogens with zero attached hydrogens (tertiary/aromatic N) is 2. The number of anilines is 1. The maximum atomic E-state index is 12.1. The molecule has 2 aliphatic heterocycles. The molecule has 8 heteroatoms. The lowest BCUT2D eigenvalue weighted by atomic mass is 10.0. The van der Waals surface area contributed by atoms with E-state index < -0.39 is 6.03 Å². The second kappa shape index (κ2) is 7.09. The van der Waals surface area contributed by atoms with Crippen molar-refractivity contribution < 1.29 is 14.4 Å². The fourth-order valence-electron chi connectivity index (χ4n) is 3.08. The molecule has 0 saturated carbocycles. The summed E-state index contributed by atoms with van der Waals surface area (Å²) in [5.74, 6) is -0.638. The first-order chi connectivity index (χ1) is 11.5. The Morgan fingerprint density at radius 2 is 2.12 bits per heavy atom. The summed E-state index contributed by atoms with van der Waals surface area (Å²) in [6, 6.07) is 7.11. The number of halogens is 1. The third kappa shape index (κ3) is 3.79. The molecule has 1 atom stereocenters. The first-order valence-corrected chi connectivity index (χ1v) is 8.28. The fraction of sp³-hybridized carbons (Fsp3) is 0.438. The molecule has 2 fully saturated rings. The summed E-state index contributed by atoms with van der Waals surface area (Å²) in [5.41, 5.74) is 0.961. The number of rotatable bonds is 4. The van der Waals surface area contributed by atoms with Gasteiger partial charge in [-0.2, -0.15) is 0 Å². The standard InChI is InChI=1S/C16H19ClN4O3/c17-12-5-1-2-6-13(12)20-7-3-4-11(8-20)18-14(22)9-21-10-15(23)19-16(21)24/h1-2,5-6,11H,3-4,7-10H2,(H,18,22)(H,19,23,24). The number of benzene rings is 1. The third-order valence-corrected chi connectivity index (χ3v) is 4.50. The number of nitrogens with one attached hydrogen (secondary N) is 2. The van der Waals surface area contributed by atoms with Crippen LogP contribution in [0.2, 0.25) is 5.02 Å². The van der Waals surface area contributed by atoms with Crippen molar-refractivity contribution in [3.63, 3.8) is 0 Å². The summed E-state index contributed by atoms with van der Waals surface area (Å²) < 4.78 is 0. The zero-order chi connectivity index (χ0) is 17.1. The predicted octanol–water partition coefficient (Wildman–Crippen LogP) is 0.977. The SMILES string of the molecule is O=C1CN(CC(=O)NC2CCCN(c3ccccc3Cl)C2)C(=O)N1. The average Bonchev–Trinajstić information content (AvgIpc) is 2.85. The zero-order valence-electron chi connectivity index (χ0n) is 13.1. The highest BCUT2D eigenvalue weighted by atomic mass is 35.5. The average molecular weight is 351 g/mol. The Bertz CT molecular complexity index is 666. The maximum absolute atomic E-state index is 12.1. The van der Waals surface area contributed by atoms with Crippen LogP contribution in [-0.4, -0.2) is 55.0 Å². The molecule has 4 amide bonds. The molecule has 24 heavy (non-hydrogen) atoms. The van der Waals surface area contributed by atoms with Crippen molar-refractivity contribution in [2.45, 2.75) is 18.9 Å². The second-order valence-electron chi connectivity index (χ2n) is 6.01. The zero-order valence-corrected chi connectivity index (χ0v) is 13.9. The molecule has 2 N–H and O–H groups in total. The van der Waals surface area contributed by atoms with Gasteiger partial charge in [0.25, 0.3) is 0 Å². The third-order valence-electron chi connectivity index (χ3n) is 4.18. The van der Waals surface area contributed by atoms with Gasteiger partial charge in [0.2, 0.25) is 11.8 Å². The molecule has 1 aromatic rings. The highest BCUT2D eigenvalue weighted by Gasteiger charge is 2.29. The normalized spacial score (nSPS) is 21.0. The van der Waals surface area contributed by atoms with Gasteiger partial charge >= 0.3 is 6.03 Å². The summed E-state index contributed by atoms with van der Waals surface area (Å²) in [6.45, 7) is 1.38. The van der Waals surface area contributed by atoms with Crippen molar-refractivity contribution >= 4 is 35.1 Å². The number of amides is 4. The van der Waals surface area contributed by atoms with E-state index >= 15 is 0 Å². The maximum Gasteiger partial charge on any atom is 0.325 e. The molecular weight excluding hydrogens is 332 g/mol. The van der Waals surface area contributed by atoms with E-state index in [9.17, 15) is 14.4 Å². The highest BCUT2D eigenvalue weighted by Crippen LogP contribution is 2.27. The summed E-state index contributed by atoms with van der Waals surface area (Å²) in [6.07, 6.45) is 1.82. The van der Waals surface area contributed by atoms with Crippen LogP contribution in [-0.2, 0) is 9.59 Å². The lowest BCUT2D eigenvalue weighted by Crippen LogP contribution is -2.50. The molecule has 1 unspecified atom stereocenters. The number of hydrogen-bond acceptors (Lipinski definition) is 4. The molecular formula is C16H19ClN4O3. The minimum absolute atomic E-state index is 0.0103. The van der Waals surface area contributed by atoms with Crippen molar-refractivity contribution in [1.29, 1.82) is 0 Å². The number of hydrogen-bond donors (Lipinski definition) is 2. The molecule has 2 aliphatic rings. The quantitative estimate of drug-likeness (QED) is 0.793.